The highest BCUT2D eigenvalue weighted by molar-refractivity contribution is 7.89. The van der Waals surface area contributed by atoms with Crippen molar-refractivity contribution in [2.75, 3.05) is 24.2 Å². The van der Waals surface area contributed by atoms with Crippen LogP contribution in [-0.4, -0.2) is 37.5 Å². The topological polar surface area (TPSA) is 66.5 Å². The van der Waals surface area contributed by atoms with Gasteiger partial charge in [0, 0.05) is 12.2 Å². The zero-order valence-electron chi connectivity index (χ0n) is 10.6. The van der Waals surface area contributed by atoms with Gasteiger partial charge in [0.05, 0.1) is 22.3 Å². The van der Waals surface area contributed by atoms with Gasteiger partial charge in [-0.25, -0.2) is 8.42 Å². The first-order valence-electron chi connectivity index (χ1n) is 6.11. The standard InChI is InChI=1S/C12H14Cl2N2O3S/c13-10-4-3-9(7-11(10)14)15-12(17)8-16-5-1-2-6-20(16,18)19/h3-4,7H,1-2,5-6,8H2,(H,15,17). The molecule has 20 heavy (non-hydrogen) atoms. The second-order valence-electron chi connectivity index (χ2n) is 4.53. The third kappa shape index (κ3) is 3.85. The maximum Gasteiger partial charge on any atom is 0.239 e. The molecule has 8 heteroatoms. The van der Waals surface area contributed by atoms with Crippen LogP contribution >= 0.6 is 23.2 Å². The zero-order valence-corrected chi connectivity index (χ0v) is 12.9. The van der Waals surface area contributed by atoms with Crippen LogP contribution in [0.15, 0.2) is 18.2 Å². The number of carbonyl (C=O) groups excluding carboxylic acids is 1. The predicted molar refractivity (Wildman–Crippen MR) is 79.7 cm³/mol. The van der Waals surface area contributed by atoms with Gasteiger partial charge in [0.2, 0.25) is 15.9 Å². The summed E-state index contributed by atoms with van der Waals surface area (Å²) < 4.78 is 24.8. The smallest absolute Gasteiger partial charge is 0.239 e. The van der Waals surface area contributed by atoms with Gasteiger partial charge in [0.1, 0.15) is 0 Å². The number of hydrogen-bond donors (Lipinski definition) is 1. The second kappa shape index (κ2) is 6.30. The first-order valence-corrected chi connectivity index (χ1v) is 8.48. The zero-order chi connectivity index (χ0) is 14.8. The van der Waals surface area contributed by atoms with Crippen LogP contribution < -0.4 is 5.32 Å². The number of sulfonamides is 1. The van der Waals surface area contributed by atoms with Crippen molar-refractivity contribution >= 4 is 44.8 Å². The molecule has 1 aromatic carbocycles. The normalized spacial score (nSPS) is 18.7. The first kappa shape index (κ1) is 15.6. The highest BCUT2D eigenvalue weighted by atomic mass is 35.5. The maximum absolute atomic E-state index is 11.9. The minimum absolute atomic E-state index is 0.104. The van der Waals surface area contributed by atoms with E-state index in [1.807, 2.05) is 0 Å². The van der Waals surface area contributed by atoms with Crippen molar-refractivity contribution in [2.24, 2.45) is 0 Å². The van der Waals surface area contributed by atoms with Gasteiger partial charge in [0.15, 0.2) is 0 Å². The number of carbonyl (C=O) groups is 1. The summed E-state index contributed by atoms with van der Waals surface area (Å²) in [6.45, 7) is 0.208. The van der Waals surface area contributed by atoms with E-state index < -0.39 is 15.9 Å². The lowest BCUT2D eigenvalue weighted by Gasteiger charge is -2.25. The number of amides is 1. The summed E-state index contributed by atoms with van der Waals surface area (Å²) >= 11 is 11.6. The van der Waals surface area contributed by atoms with Crippen LogP contribution in [0.1, 0.15) is 12.8 Å². The fourth-order valence-electron chi connectivity index (χ4n) is 1.95. The number of anilines is 1. The van der Waals surface area contributed by atoms with Gasteiger partial charge in [-0.3, -0.25) is 4.79 Å². The highest BCUT2D eigenvalue weighted by Crippen LogP contribution is 2.25. The molecule has 0 atom stereocenters. The molecule has 1 saturated heterocycles. The summed E-state index contributed by atoms with van der Waals surface area (Å²) in [5, 5.41) is 3.33. The van der Waals surface area contributed by atoms with Gasteiger partial charge in [-0.2, -0.15) is 4.31 Å². The lowest BCUT2D eigenvalue weighted by Crippen LogP contribution is -2.42. The Morgan fingerprint density at radius 2 is 2.00 bits per heavy atom. The van der Waals surface area contributed by atoms with Crippen LogP contribution in [0.5, 0.6) is 0 Å². The van der Waals surface area contributed by atoms with Crippen LogP contribution in [0, 0.1) is 0 Å². The number of nitrogens with zero attached hydrogens (tertiary/aromatic N) is 1. The summed E-state index contributed by atoms with van der Waals surface area (Å²) in [6.07, 6.45) is 1.42. The molecule has 2 rings (SSSR count). The van der Waals surface area contributed by atoms with Gasteiger partial charge in [-0.1, -0.05) is 23.2 Å². The van der Waals surface area contributed by atoms with Crippen LogP contribution in [0.3, 0.4) is 0 Å². The van der Waals surface area contributed by atoms with Crippen LogP contribution in [0.25, 0.3) is 0 Å². The molecular formula is C12H14Cl2N2O3S. The highest BCUT2D eigenvalue weighted by Gasteiger charge is 2.27. The molecule has 0 aromatic heterocycles. The third-order valence-corrected chi connectivity index (χ3v) is 5.62. The Kier molecular flexibility index (Phi) is 4.90. The third-order valence-electron chi connectivity index (χ3n) is 2.98. The van der Waals surface area contributed by atoms with Gasteiger partial charge >= 0.3 is 0 Å². The SMILES string of the molecule is O=C(CN1CCCCS1(=O)=O)Nc1ccc(Cl)c(Cl)c1. The van der Waals surface area contributed by atoms with Gasteiger partial charge in [-0.15, -0.1) is 0 Å². The summed E-state index contributed by atoms with van der Waals surface area (Å²) in [5.41, 5.74) is 0.485. The average Bonchev–Trinajstić information content (AvgIpc) is 2.36. The molecule has 0 radical (unpaired) electrons. The average molecular weight is 337 g/mol. The van der Waals surface area contributed by atoms with Gasteiger partial charge in [-0.05, 0) is 31.0 Å². The van der Waals surface area contributed by atoms with Crippen molar-refractivity contribution in [1.29, 1.82) is 0 Å². The Labute approximate surface area is 127 Å². The molecular weight excluding hydrogens is 323 g/mol. The monoisotopic (exact) mass is 336 g/mol. The van der Waals surface area contributed by atoms with Crippen LogP contribution in [0.4, 0.5) is 5.69 Å². The summed E-state index contributed by atoms with van der Waals surface area (Å²) in [6, 6.07) is 4.69. The number of rotatable bonds is 3. The molecule has 1 heterocycles. The van der Waals surface area contributed by atoms with E-state index >= 15 is 0 Å². The van der Waals surface area contributed by atoms with E-state index in [1.165, 1.54) is 10.4 Å². The second-order valence-corrected chi connectivity index (χ2v) is 7.44. The molecule has 0 saturated carbocycles. The number of nitrogens with one attached hydrogen (secondary N) is 1. The fraction of sp³-hybridized carbons (Fsp3) is 0.417. The summed E-state index contributed by atoms with van der Waals surface area (Å²) in [4.78, 5) is 11.9. The molecule has 0 spiro atoms. The molecule has 0 unspecified atom stereocenters. The Morgan fingerprint density at radius 3 is 2.65 bits per heavy atom. The van der Waals surface area contributed by atoms with E-state index in [-0.39, 0.29) is 12.3 Å². The van der Waals surface area contributed by atoms with Crippen molar-refractivity contribution in [3.63, 3.8) is 0 Å². The van der Waals surface area contributed by atoms with E-state index in [9.17, 15) is 13.2 Å². The van der Waals surface area contributed by atoms with E-state index in [4.69, 9.17) is 23.2 Å². The maximum atomic E-state index is 11.9. The Morgan fingerprint density at radius 1 is 1.25 bits per heavy atom. The molecule has 110 valence electrons. The molecule has 0 aliphatic carbocycles. The summed E-state index contributed by atoms with van der Waals surface area (Å²) in [7, 11) is -3.30. The molecule has 5 nitrogen and oxygen atoms in total. The van der Waals surface area contributed by atoms with Gasteiger partial charge < -0.3 is 5.32 Å². The molecule has 1 aliphatic heterocycles. The van der Waals surface area contributed by atoms with Gasteiger partial charge in [0.25, 0.3) is 0 Å². The molecule has 1 amide bonds. The van der Waals surface area contributed by atoms with E-state index in [0.717, 1.165) is 6.42 Å². The van der Waals surface area contributed by atoms with E-state index in [0.29, 0.717) is 28.7 Å². The largest absolute Gasteiger partial charge is 0.325 e. The Hall–Kier alpha value is -0.820. The predicted octanol–water partition coefficient (Wildman–Crippen LogP) is 2.36. The molecule has 1 aromatic rings. The van der Waals surface area contributed by atoms with Crippen molar-refractivity contribution in [3.8, 4) is 0 Å². The van der Waals surface area contributed by atoms with Crippen molar-refractivity contribution in [1.82, 2.24) is 4.31 Å². The number of benzene rings is 1. The molecule has 0 bridgehead atoms. The minimum Gasteiger partial charge on any atom is -0.325 e. The minimum atomic E-state index is -3.30. The van der Waals surface area contributed by atoms with Crippen molar-refractivity contribution < 1.29 is 13.2 Å². The molecule has 1 fully saturated rings. The van der Waals surface area contributed by atoms with Crippen molar-refractivity contribution in [3.05, 3.63) is 28.2 Å². The fourth-order valence-corrected chi connectivity index (χ4v) is 3.80. The van der Waals surface area contributed by atoms with E-state index in [2.05, 4.69) is 5.32 Å². The first-order chi connectivity index (χ1) is 9.38. The summed E-state index contributed by atoms with van der Waals surface area (Å²) in [5.74, 6) is -0.290. The Balaban J connectivity index is 2.00. The quantitative estimate of drug-likeness (QED) is 0.921. The van der Waals surface area contributed by atoms with Crippen LogP contribution in [-0.2, 0) is 14.8 Å². The number of hydrogen-bond acceptors (Lipinski definition) is 3. The number of halogens is 2. The lowest BCUT2D eigenvalue weighted by molar-refractivity contribution is -0.116. The lowest BCUT2D eigenvalue weighted by atomic mass is 10.3. The van der Waals surface area contributed by atoms with Crippen molar-refractivity contribution in [2.45, 2.75) is 12.8 Å². The Bertz CT molecular complexity index is 619. The van der Waals surface area contributed by atoms with Crippen LogP contribution in [0.2, 0.25) is 10.0 Å². The van der Waals surface area contributed by atoms with E-state index in [1.54, 1.807) is 12.1 Å². The molecule has 1 N–H and O–H groups in total. The molecule has 1 aliphatic rings.